The number of fused-ring (bicyclic) bond motifs is 5. The van der Waals surface area contributed by atoms with Crippen LogP contribution in [0.2, 0.25) is 0 Å². The van der Waals surface area contributed by atoms with Crippen LogP contribution in [0, 0.1) is 39.9 Å². The van der Waals surface area contributed by atoms with E-state index in [-0.39, 0.29) is 23.0 Å². The number of hydroxylamine groups is 1. The van der Waals surface area contributed by atoms with Gasteiger partial charge in [-0.2, -0.15) is 5.48 Å². The zero-order valence-corrected chi connectivity index (χ0v) is 19.1. The number of hydrogen-bond donors (Lipinski definition) is 2. The number of hydrogen-bond acceptors (Lipinski definition) is 4. The smallest absolute Gasteiger partial charge is 0.153 e. The molecule has 5 rings (SSSR count). The highest BCUT2D eigenvalue weighted by molar-refractivity contribution is 5.86. The van der Waals surface area contributed by atoms with Gasteiger partial charge < -0.3 is 5.32 Å². The van der Waals surface area contributed by atoms with Crippen LogP contribution in [0.3, 0.4) is 0 Å². The lowest BCUT2D eigenvalue weighted by Crippen LogP contribution is -2.64. The number of nitrogens with one attached hydrogen (secondary N) is 2. The third-order valence-corrected chi connectivity index (χ3v) is 10.5. The lowest BCUT2D eigenvalue weighted by Gasteiger charge is -2.64. The Kier molecular flexibility index (Phi) is 4.96. The second-order valence-electron chi connectivity index (χ2n) is 12.3. The Labute approximate surface area is 177 Å². The molecule has 29 heavy (non-hydrogen) atoms. The lowest BCUT2D eigenvalue weighted by atomic mass is 9.41. The van der Waals surface area contributed by atoms with Gasteiger partial charge in [-0.05, 0) is 91.4 Å². The zero-order chi connectivity index (χ0) is 20.4. The van der Waals surface area contributed by atoms with Gasteiger partial charge in [0.2, 0.25) is 0 Å². The molecule has 5 aliphatic rings. The Morgan fingerprint density at radius 1 is 1.00 bits per heavy atom. The van der Waals surface area contributed by atoms with Gasteiger partial charge in [-0.25, -0.2) is 0 Å². The molecule has 4 heteroatoms. The van der Waals surface area contributed by atoms with Gasteiger partial charge in [-0.1, -0.05) is 34.1 Å². The second kappa shape index (κ2) is 7.03. The summed E-state index contributed by atoms with van der Waals surface area (Å²) in [4.78, 5) is 19.5. The fourth-order valence-electron chi connectivity index (χ4n) is 9.13. The minimum Gasteiger partial charge on any atom is -0.314 e. The molecule has 4 saturated carbocycles. The summed E-state index contributed by atoms with van der Waals surface area (Å²) in [6.45, 7) is 11.6. The average Bonchev–Trinajstić information content (AvgIpc) is 3.29. The average molecular weight is 403 g/mol. The molecule has 5 fully saturated rings. The molecular weight excluding hydrogens is 360 g/mol. The minimum absolute atomic E-state index is 0.0580. The number of Topliss-reactive ketones (excluding diaryl/α,β-unsaturated/α-hetero) is 1. The first kappa shape index (κ1) is 20.5. The van der Waals surface area contributed by atoms with Crippen molar-refractivity contribution < 1.29 is 9.63 Å². The van der Waals surface area contributed by atoms with Gasteiger partial charge in [-0.3, -0.25) is 9.63 Å². The zero-order valence-electron chi connectivity index (χ0n) is 19.1. The number of carbonyl (C=O) groups excluding carboxylic acids is 1. The Morgan fingerprint density at radius 2 is 1.83 bits per heavy atom. The van der Waals surface area contributed by atoms with Crippen LogP contribution in [0.5, 0.6) is 0 Å². The lowest BCUT2D eigenvalue weighted by molar-refractivity contribution is -0.179. The van der Waals surface area contributed by atoms with Gasteiger partial charge >= 0.3 is 0 Å². The van der Waals surface area contributed by atoms with Crippen LogP contribution >= 0.6 is 0 Å². The van der Waals surface area contributed by atoms with Crippen LogP contribution in [0.25, 0.3) is 0 Å². The van der Waals surface area contributed by atoms with Crippen molar-refractivity contribution in [2.45, 2.75) is 97.6 Å². The minimum atomic E-state index is -0.168. The summed E-state index contributed by atoms with van der Waals surface area (Å²) < 4.78 is 0. The van der Waals surface area contributed by atoms with E-state index in [9.17, 15) is 4.79 Å². The molecule has 1 heterocycles. The molecule has 0 spiro atoms. The highest BCUT2D eigenvalue weighted by atomic mass is 16.7. The molecule has 0 aromatic heterocycles. The molecule has 8 atom stereocenters. The molecule has 0 radical (unpaired) electrons. The maximum Gasteiger partial charge on any atom is 0.153 e. The van der Waals surface area contributed by atoms with Crippen molar-refractivity contribution in [3.63, 3.8) is 0 Å². The molecule has 1 saturated heterocycles. The van der Waals surface area contributed by atoms with Crippen LogP contribution in [0.4, 0.5) is 0 Å². The van der Waals surface area contributed by atoms with E-state index in [0.717, 1.165) is 43.7 Å². The third kappa shape index (κ3) is 3.07. The van der Waals surface area contributed by atoms with E-state index in [1.165, 1.54) is 44.9 Å². The van der Waals surface area contributed by atoms with Crippen LogP contribution < -0.4 is 10.8 Å². The van der Waals surface area contributed by atoms with Crippen LogP contribution in [-0.2, 0) is 9.63 Å². The van der Waals surface area contributed by atoms with Crippen LogP contribution in [0.15, 0.2) is 0 Å². The van der Waals surface area contributed by atoms with E-state index in [0.29, 0.717) is 17.1 Å². The molecule has 4 nitrogen and oxygen atoms in total. The maximum atomic E-state index is 13.5. The molecule has 3 unspecified atom stereocenters. The standard InChI is InChI=1S/C25H42N2O2/c1-23(2)21-8-7-17-18-6-5-11-24(18,3)12-9-19(17)25(21,4)14-20(28)22(23)27-29-16-10-13-26-15-16/h16-19,21-22,26-27H,5-15H2,1-4H3/t16?,17-,18-,19+,21?,22?,24-,25+/m0/s1. The molecule has 0 aromatic carbocycles. The topological polar surface area (TPSA) is 50.4 Å². The Hall–Kier alpha value is -0.450. The number of rotatable bonds is 3. The molecule has 1 aliphatic heterocycles. The normalized spacial score (nSPS) is 51.4. The van der Waals surface area contributed by atoms with E-state index in [1.54, 1.807) is 0 Å². The summed E-state index contributed by atoms with van der Waals surface area (Å²) in [7, 11) is 0. The van der Waals surface area contributed by atoms with Gasteiger partial charge in [0.1, 0.15) is 0 Å². The molecule has 0 aromatic rings. The summed E-state index contributed by atoms with van der Waals surface area (Å²) >= 11 is 0. The van der Waals surface area contributed by atoms with E-state index < -0.39 is 0 Å². The maximum absolute atomic E-state index is 13.5. The molecule has 164 valence electrons. The molecule has 0 bridgehead atoms. The third-order valence-electron chi connectivity index (χ3n) is 10.5. The van der Waals surface area contributed by atoms with Crippen molar-refractivity contribution in [3.05, 3.63) is 0 Å². The van der Waals surface area contributed by atoms with Gasteiger partial charge in [0.05, 0.1) is 12.1 Å². The Balaban J connectivity index is 1.37. The van der Waals surface area contributed by atoms with Crippen molar-refractivity contribution in [2.75, 3.05) is 13.1 Å². The van der Waals surface area contributed by atoms with E-state index in [4.69, 9.17) is 4.84 Å². The SMILES string of the molecule is CC1(C)C(NOC2CCNC2)C(=O)C[C@@]2(C)C1CC[C@@H]1[C@H]2CC[C@]2(C)CCC[C@@H]12. The van der Waals surface area contributed by atoms with E-state index in [2.05, 4.69) is 38.5 Å². The Bertz CT molecular complexity index is 657. The summed E-state index contributed by atoms with van der Waals surface area (Å²) in [5.41, 5.74) is 3.98. The second-order valence-corrected chi connectivity index (χ2v) is 12.3. The highest BCUT2D eigenvalue weighted by Crippen LogP contribution is 2.68. The van der Waals surface area contributed by atoms with Gasteiger partial charge in [0, 0.05) is 13.0 Å². The first-order chi connectivity index (χ1) is 13.8. The predicted molar refractivity (Wildman–Crippen MR) is 115 cm³/mol. The quantitative estimate of drug-likeness (QED) is 0.683. The molecular formula is C25H42N2O2. The summed E-state index contributed by atoms with van der Waals surface area (Å²) in [5, 5.41) is 3.35. The fourth-order valence-corrected chi connectivity index (χ4v) is 9.13. The fraction of sp³-hybridized carbons (Fsp3) is 0.960. The summed E-state index contributed by atoms with van der Waals surface area (Å²) in [6, 6.07) is -0.168. The van der Waals surface area contributed by atoms with Gasteiger partial charge in [-0.15, -0.1) is 0 Å². The predicted octanol–water partition coefficient (Wildman–Crippen LogP) is 4.49. The molecule has 2 N–H and O–H groups in total. The van der Waals surface area contributed by atoms with Crippen molar-refractivity contribution in [3.8, 4) is 0 Å². The summed E-state index contributed by atoms with van der Waals surface area (Å²) in [5.74, 6) is 3.49. The van der Waals surface area contributed by atoms with Crippen LogP contribution in [0.1, 0.15) is 85.5 Å². The number of carbonyl (C=O) groups is 1. The first-order valence-electron chi connectivity index (χ1n) is 12.4. The first-order valence-corrected chi connectivity index (χ1v) is 12.4. The summed E-state index contributed by atoms with van der Waals surface area (Å²) in [6.07, 6.45) is 11.7. The monoisotopic (exact) mass is 402 g/mol. The van der Waals surface area contributed by atoms with Gasteiger partial charge in [0.15, 0.2) is 5.78 Å². The number of ketones is 1. The van der Waals surface area contributed by atoms with Crippen molar-refractivity contribution in [1.29, 1.82) is 0 Å². The molecule has 0 amide bonds. The van der Waals surface area contributed by atoms with Crippen molar-refractivity contribution in [2.24, 2.45) is 39.9 Å². The van der Waals surface area contributed by atoms with Crippen molar-refractivity contribution in [1.82, 2.24) is 10.8 Å². The van der Waals surface area contributed by atoms with Crippen molar-refractivity contribution >= 4 is 5.78 Å². The van der Waals surface area contributed by atoms with E-state index in [1.807, 2.05) is 0 Å². The van der Waals surface area contributed by atoms with Gasteiger partial charge in [0.25, 0.3) is 0 Å². The Morgan fingerprint density at radius 3 is 2.59 bits per heavy atom. The highest BCUT2D eigenvalue weighted by Gasteiger charge is 2.63. The largest absolute Gasteiger partial charge is 0.314 e. The van der Waals surface area contributed by atoms with E-state index >= 15 is 0 Å². The van der Waals surface area contributed by atoms with Crippen LogP contribution in [-0.4, -0.2) is 31.0 Å². The molecule has 4 aliphatic carbocycles.